The number of rotatable bonds is 1. The van der Waals surface area contributed by atoms with Crippen LogP contribution in [0.15, 0.2) is 22.7 Å². The third-order valence-electron chi connectivity index (χ3n) is 4.19. The number of nitrogens with zero attached hydrogens (tertiary/aromatic N) is 1. The lowest BCUT2D eigenvalue weighted by atomic mass is 9.80. The largest absolute Gasteiger partial charge is 0.492 e. The maximum Gasteiger partial charge on any atom is 0.124 e. The van der Waals surface area contributed by atoms with Crippen molar-refractivity contribution in [2.45, 2.75) is 24.5 Å². The monoisotopic (exact) mass is 311 g/mol. The van der Waals surface area contributed by atoms with E-state index < -0.39 is 0 Å². The Labute approximate surface area is 116 Å². The molecule has 3 rings (SSSR count). The van der Waals surface area contributed by atoms with Crippen LogP contribution in [-0.4, -0.2) is 44.4 Å². The van der Waals surface area contributed by atoms with E-state index in [1.54, 1.807) is 0 Å². The zero-order valence-electron chi connectivity index (χ0n) is 10.7. The Balaban J connectivity index is 2.02. The van der Waals surface area contributed by atoms with Crippen LogP contribution in [0.5, 0.6) is 5.75 Å². The molecule has 3 atom stereocenters. The predicted molar refractivity (Wildman–Crippen MR) is 74.2 cm³/mol. The molecule has 0 amide bonds. The highest BCUT2D eigenvalue weighted by Gasteiger charge is 2.42. The van der Waals surface area contributed by atoms with Gasteiger partial charge in [-0.3, -0.25) is 4.90 Å². The molecule has 1 fully saturated rings. The maximum atomic E-state index is 5.91. The summed E-state index contributed by atoms with van der Waals surface area (Å²) in [6, 6.07) is 6.75. The van der Waals surface area contributed by atoms with Crippen molar-refractivity contribution in [1.82, 2.24) is 4.90 Å². The van der Waals surface area contributed by atoms with Gasteiger partial charge < -0.3 is 9.47 Å². The molecule has 1 aromatic carbocycles. The van der Waals surface area contributed by atoms with E-state index in [-0.39, 0.29) is 0 Å². The highest BCUT2D eigenvalue weighted by molar-refractivity contribution is 9.10. The lowest BCUT2D eigenvalue weighted by Crippen LogP contribution is -2.53. The van der Waals surface area contributed by atoms with Gasteiger partial charge in [-0.25, -0.2) is 0 Å². The molecule has 0 bridgehead atoms. The minimum atomic E-state index is 0.301. The summed E-state index contributed by atoms with van der Waals surface area (Å²) in [7, 11) is 4.00. The summed E-state index contributed by atoms with van der Waals surface area (Å²) in [6.07, 6.45) is 1.39. The normalized spacial score (nSPS) is 31.4. The van der Waals surface area contributed by atoms with E-state index in [1.165, 1.54) is 5.56 Å². The third-order valence-corrected chi connectivity index (χ3v) is 4.69. The van der Waals surface area contributed by atoms with E-state index in [2.05, 4.69) is 46.1 Å². The van der Waals surface area contributed by atoms with Crippen LogP contribution in [0.1, 0.15) is 17.9 Å². The number of likely N-dealkylation sites (tertiary alicyclic amines) is 1. The van der Waals surface area contributed by atoms with Gasteiger partial charge in [0.25, 0.3) is 0 Å². The molecule has 0 saturated carbocycles. The average Bonchev–Trinajstić information content (AvgIpc) is 2.38. The standard InChI is InChI=1S/C14H18BrNO2/c1-16-6-5-12(17-2)14-10-4-3-9(15)7-13(10)18-8-11(14)16/h3-4,7,11-12,14H,5-6,8H2,1-2H3/t11-,12?,14-/m0/s1. The van der Waals surface area contributed by atoms with Crippen molar-refractivity contribution >= 4 is 15.9 Å². The van der Waals surface area contributed by atoms with Crippen LogP contribution in [0.2, 0.25) is 0 Å². The Morgan fingerprint density at radius 1 is 1.44 bits per heavy atom. The summed E-state index contributed by atoms with van der Waals surface area (Å²) in [5, 5.41) is 0. The topological polar surface area (TPSA) is 21.7 Å². The van der Waals surface area contributed by atoms with Crippen LogP contribution >= 0.6 is 15.9 Å². The summed E-state index contributed by atoms with van der Waals surface area (Å²) < 4.78 is 12.7. The van der Waals surface area contributed by atoms with Crippen molar-refractivity contribution in [3.05, 3.63) is 28.2 Å². The van der Waals surface area contributed by atoms with E-state index in [9.17, 15) is 0 Å². The lowest BCUT2D eigenvalue weighted by Gasteiger charge is -2.46. The Kier molecular flexibility index (Phi) is 3.34. The molecular weight excluding hydrogens is 294 g/mol. The fraction of sp³-hybridized carbons (Fsp3) is 0.571. The van der Waals surface area contributed by atoms with Gasteiger partial charge in [0.05, 0.1) is 12.1 Å². The first-order valence-electron chi connectivity index (χ1n) is 6.36. The number of fused-ring (bicyclic) bond motifs is 3. The molecule has 2 aliphatic heterocycles. The molecule has 1 saturated heterocycles. The Bertz CT molecular complexity index is 451. The molecule has 0 radical (unpaired) electrons. The molecular formula is C14H18BrNO2. The first kappa shape index (κ1) is 12.5. The Morgan fingerprint density at radius 2 is 2.28 bits per heavy atom. The molecule has 1 aromatic rings. The number of likely N-dealkylation sites (N-methyl/N-ethyl adjacent to an activating group) is 1. The van der Waals surface area contributed by atoms with Gasteiger partial charge in [-0.15, -0.1) is 0 Å². The van der Waals surface area contributed by atoms with Crippen LogP contribution in [-0.2, 0) is 4.74 Å². The quantitative estimate of drug-likeness (QED) is 0.796. The number of hydrogen-bond donors (Lipinski definition) is 0. The fourth-order valence-electron chi connectivity index (χ4n) is 3.18. The average molecular weight is 312 g/mol. The number of ether oxygens (including phenoxy) is 2. The molecule has 0 aliphatic carbocycles. The molecule has 98 valence electrons. The van der Waals surface area contributed by atoms with Crippen LogP contribution in [0.4, 0.5) is 0 Å². The van der Waals surface area contributed by atoms with Gasteiger partial charge in [0.1, 0.15) is 12.4 Å². The third kappa shape index (κ3) is 1.96. The lowest BCUT2D eigenvalue weighted by molar-refractivity contribution is -0.0230. The molecule has 1 unspecified atom stereocenters. The predicted octanol–water partition coefficient (Wildman–Crippen LogP) is 2.64. The van der Waals surface area contributed by atoms with Gasteiger partial charge in [0.15, 0.2) is 0 Å². The van der Waals surface area contributed by atoms with Gasteiger partial charge in [0.2, 0.25) is 0 Å². The number of methoxy groups -OCH3 is 1. The summed E-state index contributed by atoms with van der Waals surface area (Å²) in [5.74, 6) is 1.42. The zero-order chi connectivity index (χ0) is 12.7. The fourth-order valence-corrected chi connectivity index (χ4v) is 3.52. The molecule has 2 heterocycles. The van der Waals surface area contributed by atoms with Crippen LogP contribution < -0.4 is 4.74 Å². The van der Waals surface area contributed by atoms with Gasteiger partial charge >= 0.3 is 0 Å². The van der Waals surface area contributed by atoms with E-state index in [0.717, 1.165) is 29.8 Å². The van der Waals surface area contributed by atoms with Gasteiger partial charge in [0, 0.05) is 29.6 Å². The maximum absolute atomic E-state index is 5.91. The van der Waals surface area contributed by atoms with Gasteiger partial charge in [-0.2, -0.15) is 0 Å². The summed E-state index contributed by atoms with van der Waals surface area (Å²) in [4.78, 5) is 2.39. The highest BCUT2D eigenvalue weighted by atomic mass is 79.9. The van der Waals surface area contributed by atoms with Crippen molar-refractivity contribution in [3.63, 3.8) is 0 Å². The van der Waals surface area contributed by atoms with Crippen molar-refractivity contribution in [1.29, 1.82) is 0 Å². The van der Waals surface area contributed by atoms with Crippen molar-refractivity contribution < 1.29 is 9.47 Å². The zero-order valence-corrected chi connectivity index (χ0v) is 12.3. The van der Waals surface area contributed by atoms with Crippen LogP contribution in [0.3, 0.4) is 0 Å². The minimum Gasteiger partial charge on any atom is -0.492 e. The number of benzene rings is 1. The minimum absolute atomic E-state index is 0.301. The summed E-state index contributed by atoms with van der Waals surface area (Å²) >= 11 is 3.50. The van der Waals surface area contributed by atoms with Crippen molar-refractivity contribution in [3.8, 4) is 5.75 Å². The van der Waals surface area contributed by atoms with E-state index in [1.807, 2.05) is 7.11 Å². The molecule has 18 heavy (non-hydrogen) atoms. The van der Waals surface area contributed by atoms with E-state index in [4.69, 9.17) is 9.47 Å². The van der Waals surface area contributed by atoms with E-state index in [0.29, 0.717) is 18.1 Å². The first-order valence-corrected chi connectivity index (χ1v) is 7.15. The molecule has 0 aromatic heterocycles. The molecule has 0 N–H and O–H groups in total. The second-order valence-electron chi connectivity index (χ2n) is 5.13. The molecule has 4 heteroatoms. The molecule has 0 spiro atoms. The van der Waals surface area contributed by atoms with Gasteiger partial charge in [-0.1, -0.05) is 22.0 Å². The summed E-state index contributed by atoms with van der Waals surface area (Å²) in [6.45, 7) is 1.83. The van der Waals surface area contributed by atoms with Crippen molar-refractivity contribution in [2.24, 2.45) is 0 Å². The van der Waals surface area contributed by atoms with Crippen LogP contribution in [0, 0.1) is 0 Å². The molecule has 3 nitrogen and oxygen atoms in total. The SMILES string of the molecule is COC1CCN(C)[C@H]2COc3cc(Br)ccc3[C@H]12. The first-order chi connectivity index (χ1) is 8.70. The number of halogens is 1. The number of piperidine rings is 1. The van der Waals surface area contributed by atoms with E-state index >= 15 is 0 Å². The smallest absolute Gasteiger partial charge is 0.124 e. The number of hydrogen-bond acceptors (Lipinski definition) is 3. The molecule has 2 aliphatic rings. The highest BCUT2D eigenvalue weighted by Crippen LogP contribution is 2.42. The second-order valence-corrected chi connectivity index (χ2v) is 6.05. The Morgan fingerprint density at radius 3 is 3.06 bits per heavy atom. The Hall–Kier alpha value is -0.580. The van der Waals surface area contributed by atoms with Crippen molar-refractivity contribution in [2.75, 3.05) is 27.3 Å². The second kappa shape index (κ2) is 4.83. The van der Waals surface area contributed by atoms with Crippen LogP contribution in [0.25, 0.3) is 0 Å². The summed E-state index contributed by atoms with van der Waals surface area (Å²) in [5.41, 5.74) is 1.29. The van der Waals surface area contributed by atoms with Gasteiger partial charge in [-0.05, 0) is 25.6 Å².